The number of methoxy groups -OCH3 is 1. The summed E-state index contributed by atoms with van der Waals surface area (Å²) in [5, 5.41) is 23.0. The second kappa shape index (κ2) is 11.1. The molecule has 12 heteroatoms. The van der Waals surface area contributed by atoms with Crippen LogP contribution < -0.4 is 10.6 Å². The highest BCUT2D eigenvalue weighted by molar-refractivity contribution is 6.00. The third-order valence-corrected chi connectivity index (χ3v) is 7.53. The Labute approximate surface area is 222 Å². The molecule has 0 aliphatic heterocycles. The van der Waals surface area contributed by atoms with E-state index in [2.05, 4.69) is 31.1 Å². The zero-order valence-electron chi connectivity index (χ0n) is 22.4. The van der Waals surface area contributed by atoms with Crippen molar-refractivity contribution in [2.24, 2.45) is 17.8 Å². The first kappa shape index (κ1) is 26.1. The molecule has 5 rings (SSSR count). The van der Waals surface area contributed by atoms with Crippen LogP contribution in [-0.4, -0.2) is 66.1 Å². The lowest BCUT2D eigenvalue weighted by Gasteiger charge is -2.27. The Morgan fingerprint density at radius 2 is 1.84 bits per heavy atom. The maximum Gasteiger partial charge on any atom is 0.270 e. The van der Waals surface area contributed by atoms with Gasteiger partial charge in [0.25, 0.3) is 5.91 Å². The maximum atomic E-state index is 13.7. The molecule has 3 aromatic rings. The average Bonchev–Trinajstić information content (AvgIpc) is 3.75. The summed E-state index contributed by atoms with van der Waals surface area (Å²) in [6, 6.07) is 0.962. The molecule has 1 unspecified atom stereocenters. The van der Waals surface area contributed by atoms with Crippen molar-refractivity contribution in [1.29, 1.82) is 0 Å². The van der Waals surface area contributed by atoms with Crippen molar-refractivity contribution in [2.75, 3.05) is 19.0 Å². The zero-order chi connectivity index (χ0) is 26.8. The molecule has 2 atom stereocenters. The largest absolute Gasteiger partial charge is 0.383 e. The van der Waals surface area contributed by atoms with Crippen LogP contribution in [0.1, 0.15) is 74.7 Å². The van der Waals surface area contributed by atoms with Crippen molar-refractivity contribution in [1.82, 2.24) is 39.9 Å². The third-order valence-electron chi connectivity index (χ3n) is 7.53. The van der Waals surface area contributed by atoms with Crippen LogP contribution >= 0.6 is 0 Å². The van der Waals surface area contributed by atoms with Gasteiger partial charge in [0.15, 0.2) is 0 Å². The number of anilines is 1. The fraction of sp³-hybridized carbons (Fsp3) is 0.615. The Kier molecular flexibility index (Phi) is 7.59. The molecular formula is C26H37N9O3. The number of nitrogens with one attached hydrogen (secondary N) is 2. The minimum Gasteiger partial charge on any atom is -0.383 e. The van der Waals surface area contributed by atoms with E-state index in [-0.39, 0.29) is 29.8 Å². The maximum absolute atomic E-state index is 13.7. The Morgan fingerprint density at radius 1 is 1.11 bits per heavy atom. The highest BCUT2D eigenvalue weighted by Gasteiger charge is 2.48. The first-order valence-corrected chi connectivity index (χ1v) is 13.4. The molecule has 0 radical (unpaired) electrons. The second-order valence-corrected chi connectivity index (χ2v) is 10.7. The molecule has 38 heavy (non-hydrogen) atoms. The Hall–Kier alpha value is -3.54. The van der Waals surface area contributed by atoms with Gasteiger partial charge in [-0.25, -0.2) is 4.68 Å². The van der Waals surface area contributed by atoms with Gasteiger partial charge in [-0.3, -0.25) is 19.0 Å². The van der Waals surface area contributed by atoms with Crippen LogP contribution in [0.5, 0.6) is 0 Å². The van der Waals surface area contributed by atoms with Gasteiger partial charge < -0.3 is 15.4 Å². The molecule has 2 aliphatic carbocycles. The molecule has 2 N–H and O–H groups in total. The van der Waals surface area contributed by atoms with Gasteiger partial charge in [0.1, 0.15) is 11.7 Å². The third kappa shape index (κ3) is 5.64. The van der Waals surface area contributed by atoms with E-state index in [0.29, 0.717) is 36.4 Å². The van der Waals surface area contributed by atoms with Gasteiger partial charge in [0, 0.05) is 25.5 Å². The van der Waals surface area contributed by atoms with Crippen LogP contribution in [0.2, 0.25) is 0 Å². The van der Waals surface area contributed by atoms with E-state index in [9.17, 15) is 9.59 Å². The first-order valence-electron chi connectivity index (χ1n) is 13.4. The highest BCUT2D eigenvalue weighted by atomic mass is 16.5. The van der Waals surface area contributed by atoms with Gasteiger partial charge in [-0.1, -0.05) is 5.21 Å². The minimum atomic E-state index is -0.626. The average molecular weight is 524 g/mol. The van der Waals surface area contributed by atoms with Crippen molar-refractivity contribution >= 4 is 17.5 Å². The predicted octanol–water partition coefficient (Wildman–Crippen LogP) is 2.68. The number of ether oxygens (including phenoxy) is 1. The molecule has 3 heterocycles. The van der Waals surface area contributed by atoms with Crippen LogP contribution in [0.15, 0.2) is 30.9 Å². The van der Waals surface area contributed by atoms with Crippen molar-refractivity contribution in [2.45, 2.75) is 71.1 Å². The molecular weight excluding hydrogens is 486 g/mol. The molecule has 3 aromatic heterocycles. The predicted molar refractivity (Wildman–Crippen MR) is 139 cm³/mol. The summed E-state index contributed by atoms with van der Waals surface area (Å²) >= 11 is 0. The summed E-state index contributed by atoms with van der Waals surface area (Å²) in [6.07, 6.45) is 11.2. The fourth-order valence-corrected chi connectivity index (χ4v) is 5.26. The van der Waals surface area contributed by atoms with Gasteiger partial charge >= 0.3 is 0 Å². The van der Waals surface area contributed by atoms with E-state index in [4.69, 9.17) is 4.74 Å². The molecule has 204 valence electrons. The Bertz CT molecular complexity index is 1240. The molecule has 2 aliphatic rings. The molecule has 0 aromatic carbocycles. The Morgan fingerprint density at radius 3 is 2.50 bits per heavy atom. The van der Waals surface area contributed by atoms with Crippen LogP contribution in [0.3, 0.4) is 0 Å². The fourth-order valence-electron chi connectivity index (χ4n) is 5.26. The number of hydrogen-bond donors (Lipinski definition) is 2. The summed E-state index contributed by atoms with van der Waals surface area (Å²) in [4.78, 5) is 27.0. The molecule has 2 saturated carbocycles. The molecule has 2 amide bonds. The molecule has 0 spiro atoms. The van der Waals surface area contributed by atoms with Crippen LogP contribution in [-0.2, 0) is 16.1 Å². The highest BCUT2D eigenvalue weighted by Crippen LogP contribution is 2.51. The van der Waals surface area contributed by atoms with E-state index < -0.39 is 6.04 Å². The number of aromatic nitrogens is 7. The van der Waals surface area contributed by atoms with Crippen molar-refractivity contribution < 1.29 is 14.3 Å². The standard InChI is InChI=1S/C26H37N9O3/c1-16(2)35-21(9-10-28-35)25(36)31-24(23(18-5-6-18)19-7-8-19)26(37)30-20-13-29-34(15-20)17(3)22-14-27-32-33(22)11-12-38-4/h9-10,13-19,23-24H,5-8,11-12H2,1-4H3,(H,30,37)(H,31,36)/t17?,24-/m0/s1. The first-order chi connectivity index (χ1) is 18.4. The number of nitrogens with zero attached hydrogens (tertiary/aromatic N) is 7. The molecule has 2 fully saturated rings. The van der Waals surface area contributed by atoms with E-state index in [1.165, 1.54) is 0 Å². The zero-order valence-corrected chi connectivity index (χ0v) is 22.4. The van der Waals surface area contributed by atoms with Crippen LogP contribution in [0.4, 0.5) is 5.69 Å². The molecule has 0 saturated heterocycles. The topological polar surface area (TPSA) is 134 Å². The van der Waals surface area contributed by atoms with E-state index in [0.717, 1.165) is 31.4 Å². The number of amides is 2. The van der Waals surface area contributed by atoms with Crippen molar-refractivity contribution in [3.05, 3.63) is 42.2 Å². The number of rotatable bonds is 13. The van der Waals surface area contributed by atoms with Gasteiger partial charge in [0.2, 0.25) is 5.91 Å². The van der Waals surface area contributed by atoms with Crippen molar-refractivity contribution in [3.63, 3.8) is 0 Å². The molecule has 12 nitrogen and oxygen atoms in total. The Balaban J connectivity index is 1.32. The summed E-state index contributed by atoms with van der Waals surface area (Å²) in [7, 11) is 1.65. The number of carbonyl (C=O) groups excluding carboxylic acids is 2. The van der Waals surface area contributed by atoms with Crippen molar-refractivity contribution in [3.8, 4) is 0 Å². The SMILES string of the molecule is COCCn1nncc1C(C)n1cc(NC(=O)[C@@H](NC(=O)c2ccnn2C(C)C)C(C2CC2)C2CC2)cn1. The normalized spacial score (nSPS) is 17.1. The number of hydrogen-bond acceptors (Lipinski definition) is 7. The van der Waals surface area contributed by atoms with E-state index in [1.54, 1.807) is 52.0 Å². The van der Waals surface area contributed by atoms with E-state index in [1.807, 2.05) is 20.8 Å². The van der Waals surface area contributed by atoms with Gasteiger partial charge in [0.05, 0.1) is 43.0 Å². The second-order valence-electron chi connectivity index (χ2n) is 10.7. The number of carbonyl (C=O) groups is 2. The monoisotopic (exact) mass is 523 g/mol. The smallest absolute Gasteiger partial charge is 0.270 e. The molecule has 0 bridgehead atoms. The van der Waals surface area contributed by atoms with Gasteiger partial charge in [-0.2, -0.15) is 10.2 Å². The lowest BCUT2D eigenvalue weighted by molar-refractivity contribution is -0.119. The van der Waals surface area contributed by atoms with E-state index >= 15 is 0 Å². The summed E-state index contributed by atoms with van der Waals surface area (Å²) < 4.78 is 10.4. The minimum absolute atomic E-state index is 0.0366. The summed E-state index contributed by atoms with van der Waals surface area (Å²) in [5.74, 6) is 0.581. The quantitative estimate of drug-likeness (QED) is 0.352. The van der Waals surface area contributed by atoms with Gasteiger partial charge in [-0.15, -0.1) is 5.10 Å². The van der Waals surface area contributed by atoms with Gasteiger partial charge in [-0.05, 0) is 70.3 Å². The summed E-state index contributed by atoms with van der Waals surface area (Å²) in [5.41, 5.74) is 1.93. The van der Waals surface area contributed by atoms with Crippen LogP contribution in [0.25, 0.3) is 0 Å². The van der Waals surface area contributed by atoms with Crippen LogP contribution in [0, 0.1) is 17.8 Å². The lowest BCUT2D eigenvalue weighted by Crippen LogP contribution is -2.50. The summed E-state index contributed by atoms with van der Waals surface area (Å²) in [6.45, 7) is 7.06. The lowest BCUT2D eigenvalue weighted by atomic mass is 9.88.